The number of urea groups is 1. The molecule has 0 heterocycles. The van der Waals surface area contributed by atoms with Gasteiger partial charge in [0, 0.05) is 0 Å². The lowest BCUT2D eigenvalue weighted by molar-refractivity contribution is 0.262. The van der Waals surface area contributed by atoms with E-state index in [0.717, 1.165) is 0 Å². The van der Waals surface area contributed by atoms with Gasteiger partial charge in [0.15, 0.2) is 0 Å². The Morgan fingerprint density at radius 1 is 0.750 bits per heavy atom. The van der Waals surface area contributed by atoms with E-state index >= 15 is 0 Å². The molecule has 7 heteroatoms. The van der Waals surface area contributed by atoms with Gasteiger partial charge < -0.3 is 10.6 Å². The van der Waals surface area contributed by atoms with Gasteiger partial charge in [-0.25, -0.2) is 4.79 Å². The van der Waals surface area contributed by atoms with Gasteiger partial charge in [-0.1, -0.05) is 58.5 Å². The fourth-order valence-corrected chi connectivity index (χ4v) is 2.23. The number of hydrogen-bond acceptors (Lipinski definition) is 1. The highest BCUT2D eigenvalue weighted by atomic mass is 35.5. The minimum atomic E-state index is -0.488. The molecular weight excluding hydrogens is 342 g/mol. The zero-order valence-electron chi connectivity index (χ0n) is 9.88. The summed E-state index contributed by atoms with van der Waals surface area (Å²) in [4.78, 5) is 11.9. The monoisotopic (exact) mass is 348 g/mol. The summed E-state index contributed by atoms with van der Waals surface area (Å²) in [7, 11) is 0. The SMILES string of the molecule is O=C(Nc1ccccc1Cl)Nc1cc(Cl)c(Cl)cc1Cl. The lowest BCUT2D eigenvalue weighted by Gasteiger charge is -2.11. The highest BCUT2D eigenvalue weighted by Crippen LogP contribution is 2.32. The molecule has 0 aliphatic rings. The number of nitrogens with one attached hydrogen (secondary N) is 2. The molecular formula is C13H8Cl4N2O. The van der Waals surface area contributed by atoms with Gasteiger partial charge in [0.2, 0.25) is 0 Å². The first-order valence-electron chi connectivity index (χ1n) is 5.44. The number of para-hydroxylation sites is 1. The summed E-state index contributed by atoms with van der Waals surface area (Å²) >= 11 is 23.6. The fourth-order valence-electron chi connectivity index (χ4n) is 1.46. The van der Waals surface area contributed by atoms with E-state index < -0.39 is 6.03 Å². The first kappa shape index (κ1) is 15.3. The van der Waals surface area contributed by atoms with E-state index in [9.17, 15) is 4.79 Å². The molecule has 2 amide bonds. The molecule has 0 saturated heterocycles. The highest BCUT2D eigenvalue weighted by molar-refractivity contribution is 6.44. The molecule has 0 unspecified atom stereocenters. The third kappa shape index (κ3) is 3.70. The Hall–Kier alpha value is -1.13. The second-order valence-corrected chi connectivity index (χ2v) is 5.43. The van der Waals surface area contributed by atoms with E-state index in [0.29, 0.717) is 26.4 Å². The summed E-state index contributed by atoms with van der Waals surface area (Å²) in [6.07, 6.45) is 0. The average molecular weight is 350 g/mol. The van der Waals surface area contributed by atoms with E-state index in [1.54, 1.807) is 24.3 Å². The summed E-state index contributed by atoms with van der Waals surface area (Å²) in [5.74, 6) is 0. The van der Waals surface area contributed by atoms with Crippen molar-refractivity contribution in [1.29, 1.82) is 0 Å². The van der Waals surface area contributed by atoms with Crippen LogP contribution in [0, 0.1) is 0 Å². The Bertz CT molecular complexity index is 661. The molecule has 0 aromatic heterocycles. The summed E-state index contributed by atoms with van der Waals surface area (Å²) in [6, 6.07) is 9.31. The van der Waals surface area contributed by atoms with Crippen molar-refractivity contribution in [2.24, 2.45) is 0 Å². The van der Waals surface area contributed by atoms with Crippen LogP contribution >= 0.6 is 46.4 Å². The summed E-state index contributed by atoms with van der Waals surface area (Å²) < 4.78 is 0. The van der Waals surface area contributed by atoms with Crippen molar-refractivity contribution in [3.05, 3.63) is 56.5 Å². The van der Waals surface area contributed by atoms with Crippen LogP contribution < -0.4 is 10.6 Å². The molecule has 0 aliphatic heterocycles. The molecule has 0 radical (unpaired) electrons. The molecule has 2 aromatic rings. The molecule has 0 bridgehead atoms. The zero-order valence-corrected chi connectivity index (χ0v) is 12.9. The van der Waals surface area contributed by atoms with E-state index in [-0.39, 0.29) is 5.02 Å². The Morgan fingerprint density at radius 2 is 1.35 bits per heavy atom. The fraction of sp³-hybridized carbons (Fsp3) is 0. The molecule has 0 spiro atoms. The first-order valence-corrected chi connectivity index (χ1v) is 6.95. The standard InChI is InChI=1S/C13H8Cl4N2O/c14-7-3-1-2-4-11(7)18-13(20)19-12-6-9(16)8(15)5-10(12)17/h1-6H,(H2,18,19,20). The van der Waals surface area contributed by atoms with E-state index in [2.05, 4.69) is 10.6 Å². The van der Waals surface area contributed by atoms with Gasteiger partial charge in [0.1, 0.15) is 0 Å². The lowest BCUT2D eigenvalue weighted by atomic mass is 10.3. The Kier molecular flexibility index (Phi) is 5.00. The number of hydrogen-bond donors (Lipinski definition) is 2. The van der Waals surface area contributed by atoms with Crippen molar-refractivity contribution < 1.29 is 4.79 Å². The molecule has 20 heavy (non-hydrogen) atoms. The van der Waals surface area contributed by atoms with Crippen LogP contribution in [0.5, 0.6) is 0 Å². The Labute approximate surface area is 135 Å². The molecule has 104 valence electrons. The largest absolute Gasteiger partial charge is 0.323 e. The van der Waals surface area contributed by atoms with E-state index in [1.807, 2.05) is 0 Å². The summed E-state index contributed by atoms with van der Waals surface area (Å²) in [5.41, 5.74) is 0.841. The first-order chi connectivity index (χ1) is 9.47. The van der Waals surface area contributed by atoms with Crippen LogP contribution in [0.4, 0.5) is 16.2 Å². The lowest BCUT2D eigenvalue weighted by Crippen LogP contribution is -2.19. The predicted octanol–water partition coefficient (Wildman–Crippen LogP) is 5.94. The summed E-state index contributed by atoms with van der Waals surface area (Å²) in [6.45, 7) is 0. The molecule has 0 saturated carbocycles. The van der Waals surface area contributed by atoms with Crippen LogP contribution in [0.25, 0.3) is 0 Å². The predicted molar refractivity (Wildman–Crippen MR) is 85.6 cm³/mol. The third-order valence-corrected chi connectivity index (χ3v) is 3.74. The molecule has 3 nitrogen and oxygen atoms in total. The number of anilines is 2. The van der Waals surface area contributed by atoms with E-state index in [4.69, 9.17) is 46.4 Å². The van der Waals surface area contributed by atoms with Gasteiger partial charge in [0.05, 0.1) is 31.5 Å². The minimum Gasteiger partial charge on any atom is -0.306 e. The van der Waals surface area contributed by atoms with Crippen molar-refractivity contribution in [3.63, 3.8) is 0 Å². The maximum Gasteiger partial charge on any atom is 0.323 e. The van der Waals surface area contributed by atoms with Gasteiger partial charge in [-0.05, 0) is 24.3 Å². The van der Waals surface area contributed by atoms with E-state index in [1.165, 1.54) is 12.1 Å². The second-order valence-electron chi connectivity index (χ2n) is 3.81. The number of rotatable bonds is 2. The van der Waals surface area contributed by atoms with Gasteiger partial charge in [-0.15, -0.1) is 0 Å². The van der Waals surface area contributed by atoms with Gasteiger partial charge in [-0.3, -0.25) is 0 Å². The zero-order chi connectivity index (χ0) is 14.7. The molecule has 0 aliphatic carbocycles. The van der Waals surface area contributed by atoms with Crippen LogP contribution in [0.1, 0.15) is 0 Å². The molecule has 2 N–H and O–H groups in total. The van der Waals surface area contributed by atoms with Crippen LogP contribution in [-0.2, 0) is 0 Å². The highest BCUT2D eigenvalue weighted by Gasteiger charge is 2.10. The quantitative estimate of drug-likeness (QED) is 0.646. The smallest absolute Gasteiger partial charge is 0.306 e. The normalized spacial score (nSPS) is 10.2. The van der Waals surface area contributed by atoms with Crippen molar-refractivity contribution in [2.75, 3.05) is 10.6 Å². The number of halogens is 4. The van der Waals surface area contributed by atoms with Crippen molar-refractivity contribution in [3.8, 4) is 0 Å². The summed E-state index contributed by atoms with van der Waals surface area (Å²) in [5, 5.41) is 6.50. The average Bonchev–Trinajstić information content (AvgIpc) is 2.39. The van der Waals surface area contributed by atoms with Crippen molar-refractivity contribution in [2.45, 2.75) is 0 Å². The molecule has 0 fully saturated rings. The number of carbonyl (C=O) groups excluding carboxylic acids is 1. The number of amides is 2. The maximum atomic E-state index is 11.9. The number of carbonyl (C=O) groups is 1. The van der Waals surface area contributed by atoms with Gasteiger partial charge in [0.25, 0.3) is 0 Å². The van der Waals surface area contributed by atoms with Crippen LogP contribution in [0.3, 0.4) is 0 Å². The Balaban J connectivity index is 2.13. The molecule has 2 rings (SSSR count). The molecule has 0 atom stereocenters. The Morgan fingerprint density at radius 3 is 2.05 bits per heavy atom. The van der Waals surface area contributed by atoms with Crippen molar-refractivity contribution in [1.82, 2.24) is 0 Å². The third-order valence-electron chi connectivity index (χ3n) is 2.38. The minimum absolute atomic E-state index is 0.286. The molecule has 2 aromatic carbocycles. The topological polar surface area (TPSA) is 41.1 Å². The van der Waals surface area contributed by atoms with Crippen molar-refractivity contribution >= 4 is 63.8 Å². The second kappa shape index (κ2) is 6.55. The van der Waals surface area contributed by atoms with Crippen LogP contribution in [0.15, 0.2) is 36.4 Å². The number of benzene rings is 2. The van der Waals surface area contributed by atoms with Crippen LogP contribution in [0.2, 0.25) is 20.1 Å². The van der Waals surface area contributed by atoms with Gasteiger partial charge in [-0.2, -0.15) is 0 Å². The van der Waals surface area contributed by atoms with Gasteiger partial charge >= 0.3 is 6.03 Å². The maximum absolute atomic E-state index is 11.9. The van der Waals surface area contributed by atoms with Crippen LogP contribution in [-0.4, -0.2) is 6.03 Å².